The van der Waals surface area contributed by atoms with E-state index >= 15 is 0 Å². The van der Waals surface area contributed by atoms with E-state index in [1.54, 1.807) is 6.26 Å². The van der Waals surface area contributed by atoms with Gasteiger partial charge in [-0.2, -0.15) is 4.98 Å². The summed E-state index contributed by atoms with van der Waals surface area (Å²) in [5, 5.41) is 3.28. The molecule has 18 heavy (non-hydrogen) atoms. The predicted octanol–water partition coefficient (Wildman–Crippen LogP) is 3.14. The molecule has 2 aromatic heterocycles. The van der Waals surface area contributed by atoms with Gasteiger partial charge < -0.3 is 15.5 Å². The summed E-state index contributed by atoms with van der Waals surface area (Å²) in [6, 6.07) is 3.69. The topological polar surface area (TPSA) is 77.0 Å². The molecule has 0 spiro atoms. The molecule has 0 saturated carbocycles. The van der Waals surface area contributed by atoms with Gasteiger partial charge in [-0.05, 0) is 41.1 Å². The molecule has 0 aliphatic heterocycles. The number of nitrogens with one attached hydrogen (secondary N) is 1. The predicted molar refractivity (Wildman–Crippen MR) is 80.3 cm³/mol. The Hall–Kier alpha value is -1.31. The fraction of sp³-hybridized carbons (Fsp3) is 0.333. The number of nitrogens with two attached hydrogens (primary N) is 1. The molecule has 6 heteroatoms. The van der Waals surface area contributed by atoms with Gasteiger partial charge in [-0.1, -0.05) is 13.3 Å². The third-order valence-electron chi connectivity index (χ3n) is 2.45. The van der Waals surface area contributed by atoms with E-state index in [0.29, 0.717) is 5.76 Å². The first-order valence-corrected chi connectivity index (χ1v) is 6.91. The SMILES string of the molecule is CCCCNc1nc(N)nc(-c2ccco2)c1I. The van der Waals surface area contributed by atoms with Crippen LogP contribution in [0.3, 0.4) is 0 Å². The second-order valence-corrected chi connectivity index (χ2v) is 4.93. The van der Waals surface area contributed by atoms with Crippen molar-refractivity contribution in [2.75, 3.05) is 17.6 Å². The van der Waals surface area contributed by atoms with Crippen molar-refractivity contribution in [3.8, 4) is 11.5 Å². The first-order valence-electron chi connectivity index (χ1n) is 5.83. The molecule has 0 aliphatic carbocycles. The zero-order valence-corrected chi connectivity index (χ0v) is 12.3. The van der Waals surface area contributed by atoms with E-state index in [1.807, 2.05) is 12.1 Å². The largest absolute Gasteiger partial charge is 0.463 e. The Labute approximate surface area is 119 Å². The number of furan rings is 1. The lowest BCUT2D eigenvalue weighted by atomic mass is 10.3. The van der Waals surface area contributed by atoms with Crippen LogP contribution in [-0.4, -0.2) is 16.5 Å². The fourth-order valence-electron chi connectivity index (χ4n) is 1.54. The molecular formula is C12H15IN4O. The molecule has 0 amide bonds. The first-order chi connectivity index (χ1) is 8.72. The van der Waals surface area contributed by atoms with Gasteiger partial charge in [0.2, 0.25) is 5.95 Å². The Bertz CT molecular complexity index is 513. The van der Waals surface area contributed by atoms with Crippen molar-refractivity contribution in [1.29, 1.82) is 0 Å². The van der Waals surface area contributed by atoms with E-state index in [9.17, 15) is 0 Å². The Morgan fingerprint density at radius 2 is 2.28 bits per heavy atom. The molecule has 0 bridgehead atoms. The van der Waals surface area contributed by atoms with Crippen molar-refractivity contribution in [2.24, 2.45) is 0 Å². The quantitative estimate of drug-likeness (QED) is 0.634. The van der Waals surface area contributed by atoms with E-state index in [1.165, 1.54) is 0 Å². The molecule has 0 atom stereocenters. The van der Waals surface area contributed by atoms with Crippen LogP contribution in [0.5, 0.6) is 0 Å². The van der Waals surface area contributed by atoms with Crippen LogP contribution in [0.1, 0.15) is 19.8 Å². The highest BCUT2D eigenvalue weighted by Gasteiger charge is 2.14. The van der Waals surface area contributed by atoms with Gasteiger partial charge in [0.15, 0.2) is 5.76 Å². The van der Waals surface area contributed by atoms with Gasteiger partial charge in [0.1, 0.15) is 11.5 Å². The maximum absolute atomic E-state index is 5.73. The molecule has 2 aromatic rings. The standard InChI is InChI=1S/C12H15IN4O/c1-2-3-6-15-11-9(13)10(16-12(14)17-11)8-5-4-7-18-8/h4-5,7H,2-3,6H2,1H3,(H3,14,15,16,17). The summed E-state index contributed by atoms with van der Waals surface area (Å²) in [4.78, 5) is 8.45. The highest BCUT2D eigenvalue weighted by atomic mass is 127. The molecule has 2 heterocycles. The van der Waals surface area contributed by atoms with E-state index in [0.717, 1.165) is 34.5 Å². The van der Waals surface area contributed by atoms with Crippen LogP contribution in [0.15, 0.2) is 22.8 Å². The molecule has 0 fully saturated rings. The molecule has 5 nitrogen and oxygen atoms in total. The maximum atomic E-state index is 5.73. The van der Waals surface area contributed by atoms with E-state index in [-0.39, 0.29) is 5.95 Å². The molecule has 0 saturated heterocycles. The Morgan fingerprint density at radius 1 is 1.44 bits per heavy atom. The van der Waals surface area contributed by atoms with Crippen LogP contribution < -0.4 is 11.1 Å². The maximum Gasteiger partial charge on any atom is 0.222 e. The van der Waals surface area contributed by atoms with Crippen LogP contribution in [-0.2, 0) is 0 Å². The number of anilines is 2. The average Bonchev–Trinajstić information content (AvgIpc) is 2.87. The second-order valence-electron chi connectivity index (χ2n) is 3.85. The third-order valence-corrected chi connectivity index (χ3v) is 3.47. The van der Waals surface area contributed by atoms with E-state index in [4.69, 9.17) is 10.2 Å². The third kappa shape index (κ3) is 2.92. The van der Waals surface area contributed by atoms with E-state index in [2.05, 4.69) is 44.8 Å². The van der Waals surface area contributed by atoms with Crippen molar-refractivity contribution in [1.82, 2.24) is 9.97 Å². The zero-order valence-electron chi connectivity index (χ0n) is 10.1. The van der Waals surface area contributed by atoms with Crippen LogP contribution in [0.25, 0.3) is 11.5 Å². The summed E-state index contributed by atoms with van der Waals surface area (Å²) in [5.41, 5.74) is 6.46. The van der Waals surface area contributed by atoms with Gasteiger partial charge in [-0.3, -0.25) is 0 Å². The second kappa shape index (κ2) is 6.03. The summed E-state index contributed by atoms with van der Waals surface area (Å²) >= 11 is 2.21. The molecule has 0 aromatic carbocycles. The summed E-state index contributed by atoms with van der Waals surface area (Å²) in [7, 11) is 0. The van der Waals surface area contributed by atoms with Crippen LogP contribution in [0, 0.1) is 3.57 Å². The number of halogens is 1. The lowest BCUT2D eigenvalue weighted by Gasteiger charge is -2.10. The average molecular weight is 358 g/mol. The minimum Gasteiger partial charge on any atom is -0.463 e. The van der Waals surface area contributed by atoms with Gasteiger partial charge in [-0.25, -0.2) is 4.98 Å². The Kier molecular flexibility index (Phi) is 4.40. The summed E-state index contributed by atoms with van der Waals surface area (Å²) in [6.45, 7) is 3.02. The van der Waals surface area contributed by atoms with Gasteiger partial charge in [0, 0.05) is 6.54 Å². The number of aromatic nitrogens is 2. The first kappa shape index (κ1) is 13.1. The zero-order chi connectivity index (χ0) is 13.0. The molecule has 3 N–H and O–H groups in total. The summed E-state index contributed by atoms with van der Waals surface area (Å²) < 4.78 is 6.28. The number of hydrogen-bond acceptors (Lipinski definition) is 5. The number of nitrogen functional groups attached to an aromatic ring is 1. The van der Waals surface area contributed by atoms with Crippen molar-refractivity contribution in [3.05, 3.63) is 22.0 Å². The van der Waals surface area contributed by atoms with Crippen molar-refractivity contribution in [3.63, 3.8) is 0 Å². The molecule has 2 rings (SSSR count). The monoisotopic (exact) mass is 358 g/mol. The van der Waals surface area contributed by atoms with Crippen LogP contribution in [0.2, 0.25) is 0 Å². The number of nitrogens with zero attached hydrogens (tertiary/aromatic N) is 2. The van der Waals surface area contributed by atoms with Gasteiger partial charge in [0.05, 0.1) is 9.83 Å². The number of rotatable bonds is 5. The lowest BCUT2D eigenvalue weighted by molar-refractivity contribution is 0.579. The Morgan fingerprint density at radius 3 is 2.94 bits per heavy atom. The normalized spacial score (nSPS) is 10.6. The highest BCUT2D eigenvalue weighted by molar-refractivity contribution is 14.1. The summed E-state index contributed by atoms with van der Waals surface area (Å²) in [5.74, 6) is 1.72. The molecular weight excluding hydrogens is 343 g/mol. The molecule has 0 radical (unpaired) electrons. The summed E-state index contributed by atoms with van der Waals surface area (Å²) in [6.07, 6.45) is 3.85. The van der Waals surface area contributed by atoms with Crippen molar-refractivity contribution in [2.45, 2.75) is 19.8 Å². The minimum absolute atomic E-state index is 0.251. The van der Waals surface area contributed by atoms with Crippen LogP contribution >= 0.6 is 22.6 Å². The van der Waals surface area contributed by atoms with Gasteiger partial charge in [0.25, 0.3) is 0 Å². The minimum atomic E-state index is 0.251. The van der Waals surface area contributed by atoms with E-state index < -0.39 is 0 Å². The molecule has 96 valence electrons. The van der Waals surface area contributed by atoms with Crippen molar-refractivity contribution >= 4 is 34.4 Å². The highest BCUT2D eigenvalue weighted by Crippen LogP contribution is 2.28. The smallest absolute Gasteiger partial charge is 0.222 e. The van der Waals surface area contributed by atoms with Gasteiger partial charge in [-0.15, -0.1) is 0 Å². The molecule has 0 aliphatic rings. The number of hydrogen-bond donors (Lipinski definition) is 2. The lowest BCUT2D eigenvalue weighted by Crippen LogP contribution is -2.09. The number of unbranched alkanes of at least 4 members (excludes halogenated alkanes) is 1. The fourth-order valence-corrected chi connectivity index (χ4v) is 2.24. The van der Waals surface area contributed by atoms with Crippen LogP contribution in [0.4, 0.5) is 11.8 Å². The Balaban J connectivity index is 2.31. The molecule has 0 unspecified atom stereocenters. The van der Waals surface area contributed by atoms with Gasteiger partial charge >= 0.3 is 0 Å². The van der Waals surface area contributed by atoms with Crippen molar-refractivity contribution < 1.29 is 4.42 Å².